The summed E-state index contributed by atoms with van der Waals surface area (Å²) in [5.74, 6) is 0.853. The van der Waals surface area contributed by atoms with E-state index in [2.05, 4.69) is 26.2 Å². The molecular weight excluding hydrogens is 122 g/mol. The molecule has 1 rings (SSSR count). The van der Waals surface area contributed by atoms with E-state index in [9.17, 15) is 0 Å². The van der Waals surface area contributed by atoms with Crippen molar-refractivity contribution in [2.45, 2.75) is 45.1 Å². The zero-order chi connectivity index (χ0) is 7.61. The monoisotopic (exact) mass is 141 g/mol. The van der Waals surface area contributed by atoms with Gasteiger partial charge in [0.15, 0.2) is 0 Å². The minimum absolute atomic E-state index is 0.429. The number of rotatable bonds is 1. The molecule has 1 aliphatic carbocycles. The summed E-state index contributed by atoms with van der Waals surface area (Å²) in [5, 5.41) is 3.43. The highest BCUT2D eigenvalue weighted by Crippen LogP contribution is 2.32. The fraction of sp³-hybridized carbons (Fsp3) is 1.00. The third kappa shape index (κ3) is 1.34. The SMILES string of the molecule is CNC1(C)CCCC[C@H]1C. The standard InChI is InChI=1S/C9H19N/c1-8-6-4-5-7-9(8,2)10-3/h8,10H,4-7H2,1-3H3/t8-,9?/m1/s1. The minimum atomic E-state index is 0.429. The molecular formula is C9H19N. The van der Waals surface area contributed by atoms with Crippen molar-refractivity contribution in [1.82, 2.24) is 5.32 Å². The van der Waals surface area contributed by atoms with Gasteiger partial charge in [-0.25, -0.2) is 0 Å². The summed E-state index contributed by atoms with van der Waals surface area (Å²) < 4.78 is 0. The van der Waals surface area contributed by atoms with E-state index >= 15 is 0 Å². The van der Waals surface area contributed by atoms with E-state index in [4.69, 9.17) is 0 Å². The Hall–Kier alpha value is -0.0400. The van der Waals surface area contributed by atoms with E-state index in [-0.39, 0.29) is 0 Å². The molecule has 10 heavy (non-hydrogen) atoms. The van der Waals surface area contributed by atoms with Crippen LogP contribution in [0, 0.1) is 5.92 Å². The second-order valence-electron chi connectivity index (χ2n) is 3.81. The van der Waals surface area contributed by atoms with Crippen LogP contribution in [0.25, 0.3) is 0 Å². The van der Waals surface area contributed by atoms with Crippen molar-refractivity contribution in [2.75, 3.05) is 7.05 Å². The van der Waals surface area contributed by atoms with Crippen molar-refractivity contribution in [1.29, 1.82) is 0 Å². The smallest absolute Gasteiger partial charge is 0.0175 e. The van der Waals surface area contributed by atoms with Crippen LogP contribution in [0.4, 0.5) is 0 Å². The molecule has 0 heterocycles. The first kappa shape index (κ1) is 8.06. The third-order valence-corrected chi connectivity index (χ3v) is 3.24. The van der Waals surface area contributed by atoms with Gasteiger partial charge in [0, 0.05) is 5.54 Å². The molecule has 1 heteroatoms. The first-order valence-corrected chi connectivity index (χ1v) is 4.38. The first-order chi connectivity index (χ1) is 4.69. The Morgan fingerprint density at radius 1 is 1.40 bits per heavy atom. The highest BCUT2D eigenvalue weighted by atomic mass is 14.9. The van der Waals surface area contributed by atoms with Crippen LogP contribution < -0.4 is 5.32 Å². The van der Waals surface area contributed by atoms with Crippen molar-refractivity contribution in [3.05, 3.63) is 0 Å². The number of hydrogen-bond donors (Lipinski definition) is 1. The lowest BCUT2D eigenvalue weighted by Gasteiger charge is -2.39. The maximum atomic E-state index is 3.43. The predicted octanol–water partition coefficient (Wildman–Crippen LogP) is 2.17. The lowest BCUT2D eigenvalue weighted by atomic mass is 9.75. The average molecular weight is 141 g/mol. The Bertz CT molecular complexity index is 111. The van der Waals surface area contributed by atoms with Crippen LogP contribution in [0.5, 0.6) is 0 Å². The van der Waals surface area contributed by atoms with E-state index in [1.165, 1.54) is 25.7 Å². The Morgan fingerprint density at radius 2 is 2.10 bits per heavy atom. The molecule has 1 nitrogen and oxygen atoms in total. The van der Waals surface area contributed by atoms with Crippen LogP contribution in [0.1, 0.15) is 39.5 Å². The Kier molecular flexibility index (Phi) is 2.35. The van der Waals surface area contributed by atoms with Gasteiger partial charge in [0.25, 0.3) is 0 Å². The van der Waals surface area contributed by atoms with Gasteiger partial charge in [-0.05, 0) is 32.7 Å². The van der Waals surface area contributed by atoms with Gasteiger partial charge in [-0.1, -0.05) is 19.8 Å². The summed E-state index contributed by atoms with van der Waals surface area (Å²) in [6.45, 7) is 4.70. The van der Waals surface area contributed by atoms with Crippen molar-refractivity contribution < 1.29 is 0 Å². The van der Waals surface area contributed by atoms with Crippen molar-refractivity contribution in [3.63, 3.8) is 0 Å². The van der Waals surface area contributed by atoms with E-state index < -0.39 is 0 Å². The van der Waals surface area contributed by atoms with E-state index in [0.717, 1.165) is 5.92 Å². The van der Waals surface area contributed by atoms with Gasteiger partial charge in [-0.2, -0.15) is 0 Å². The highest BCUT2D eigenvalue weighted by molar-refractivity contribution is 4.89. The van der Waals surface area contributed by atoms with Gasteiger partial charge < -0.3 is 5.32 Å². The molecule has 0 bridgehead atoms. The number of hydrogen-bond acceptors (Lipinski definition) is 1. The molecule has 1 fully saturated rings. The van der Waals surface area contributed by atoms with Gasteiger partial charge in [0.05, 0.1) is 0 Å². The maximum absolute atomic E-state index is 3.43. The van der Waals surface area contributed by atoms with Crippen LogP contribution in [-0.2, 0) is 0 Å². The highest BCUT2D eigenvalue weighted by Gasteiger charge is 2.31. The summed E-state index contributed by atoms with van der Waals surface area (Å²) in [4.78, 5) is 0. The lowest BCUT2D eigenvalue weighted by Crippen LogP contribution is -2.47. The summed E-state index contributed by atoms with van der Waals surface area (Å²) in [7, 11) is 2.09. The van der Waals surface area contributed by atoms with Crippen molar-refractivity contribution in [3.8, 4) is 0 Å². The van der Waals surface area contributed by atoms with Crippen LogP contribution in [0.15, 0.2) is 0 Å². The summed E-state index contributed by atoms with van der Waals surface area (Å²) >= 11 is 0. The van der Waals surface area contributed by atoms with Gasteiger partial charge >= 0.3 is 0 Å². The molecule has 2 atom stereocenters. The van der Waals surface area contributed by atoms with Gasteiger partial charge in [0.1, 0.15) is 0 Å². The zero-order valence-electron chi connectivity index (χ0n) is 7.41. The van der Waals surface area contributed by atoms with Gasteiger partial charge in [-0.3, -0.25) is 0 Å². The molecule has 1 saturated carbocycles. The molecule has 0 aliphatic heterocycles. The normalized spacial score (nSPS) is 41.7. The van der Waals surface area contributed by atoms with Crippen LogP contribution in [0.2, 0.25) is 0 Å². The Balaban J connectivity index is 2.54. The second kappa shape index (κ2) is 2.91. The fourth-order valence-corrected chi connectivity index (χ4v) is 1.88. The molecule has 1 N–H and O–H groups in total. The zero-order valence-corrected chi connectivity index (χ0v) is 7.41. The summed E-state index contributed by atoms with van der Waals surface area (Å²) in [5.41, 5.74) is 0.429. The summed E-state index contributed by atoms with van der Waals surface area (Å²) in [6.07, 6.45) is 5.59. The predicted molar refractivity (Wildman–Crippen MR) is 45.1 cm³/mol. The minimum Gasteiger partial charge on any atom is -0.314 e. The fourth-order valence-electron chi connectivity index (χ4n) is 1.88. The van der Waals surface area contributed by atoms with E-state index in [1.807, 2.05) is 0 Å². The maximum Gasteiger partial charge on any atom is 0.0175 e. The van der Waals surface area contributed by atoms with E-state index in [1.54, 1.807) is 0 Å². The van der Waals surface area contributed by atoms with Crippen LogP contribution >= 0.6 is 0 Å². The Labute approximate surface area is 64.2 Å². The lowest BCUT2D eigenvalue weighted by molar-refractivity contribution is 0.186. The molecule has 0 radical (unpaired) electrons. The van der Waals surface area contributed by atoms with Crippen molar-refractivity contribution >= 4 is 0 Å². The topological polar surface area (TPSA) is 12.0 Å². The van der Waals surface area contributed by atoms with Crippen LogP contribution in [-0.4, -0.2) is 12.6 Å². The third-order valence-electron chi connectivity index (χ3n) is 3.24. The second-order valence-corrected chi connectivity index (χ2v) is 3.81. The van der Waals surface area contributed by atoms with Crippen molar-refractivity contribution in [2.24, 2.45) is 5.92 Å². The molecule has 0 amide bonds. The summed E-state index contributed by atoms with van der Waals surface area (Å²) in [6, 6.07) is 0. The average Bonchev–Trinajstić information content (AvgIpc) is 1.96. The molecule has 0 spiro atoms. The molecule has 1 unspecified atom stereocenters. The largest absolute Gasteiger partial charge is 0.314 e. The molecule has 1 aliphatic rings. The number of nitrogens with one attached hydrogen (secondary N) is 1. The molecule has 0 aromatic carbocycles. The molecule has 0 aromatic rings. The molecule has 0 aromatic heterocycles. The Morgan fingerprint density at radius 3 is 2.50 bits per heavy atom. The van der Waals surface area contributed by atoms with Gasteiger partial charge in [0.2, 0.25) is 0 Å². The quantitative estimate of drug-likeness (QED) is 0.590. The molecule has 60 valence electrons. The van der Waals surface area contributed by atoms with Gasteiger partial charge in [-0.15, -0.1) is 0 Å². The van der Waals surface area contributed by atoms with E-state index in [0.29, 0.717) is 5.54 Å². The molecule has 0 saturated heterocycles. The first-order valence-electron chi connectivity index (χ1n) is 4.38. The van der Waals surface area contributed by atoms with Crippen LogP contribution in [0.3, 0.4) is 0 Å².